The zero-order valence-electron chi connectivity index (χ0n) is 28.2. The van der Waals surface area contributed by atoms with E-state index in [9.17, 15) is 29.7 Å². The first-order valence-electron chi connectivity index (χ1n) is 15.7. The first-order valence-corrected chi connectivity index (χ1v) is 15.7. The van der Waals surface area contributed by atoms with Gasteiger partial charge in [0.15, 0.2) is 0 Å². The van der Waals surface area contributed by atoms with E-state index < -0.39 is 34.2 Å². The van der Waals surface area contributed by atoms with E-state index in [1.165, 1.54) is 0 Å². The van der Waals surface area contributed by atoms with Crippen molar-refractivity contribution in [3.63, 3.8) is 0 Å². The Morgan fingerprint density at radius 1 is 0.475 bits per heavy atom. The van der Waals surface area contributed by atoms with Gasteiger partial charge in [0.25, 0.3) is 0 Å². The number of hydrogen-bond donors (Lipinski definition) is 0. The summed E-state index contributed by atoms with van der Waals surface area (Å²) < 4.78 is 0. The van der Waals surface area contributed by atoms with Crippen molar-refractivity contribution in [1.29, 1.82) is 0 Å². The van der Waals surface area contributed by atoms with Gasteiger partial charge in [0.1, 0.15) is 0 Å². The van der Waals surface area contributed by atoms with Crippen molar-refractivity contribution in [3.05, 3.63) is 0 Å². The molecule has 40 heavy (non-hydrogen) atoms. The third kappa shape index (κ3) is 13.7. The summed E-state index contributed by atoms with van der Waals surface area (Å²) in [5.74, 6) is -2.15. The van der Waals surface area contributed by atoms with Crippen LogP contribution >= 0.6 is 0 Å². The molecule has 0 radical (unpaired) electrons. The van der Waals surface area contributed by atoms with Gasteiger partial charge < -0.3 is 29.7 Å². The summed E-state index contributed by atoms with van der Waals surface area (Å²) in [5.41, 5.74) is -1.80. The number of carbonyl (C=O) groups excluding carboxylic acids is 3. The minimum Gasteiger partial charge on any atom is -0.550 e. The van der Waals surface area contributed by atoms with Crippen LogP contribution < -0.4 is 15.3 Å². The predicted octanol–water partition coefficient (Wildman–Crippen LogP) is 5.56. The third-order valence-corrected chi connectivity index (χ3v) is 9.36. The van der Waals surface area contributed by atoms with Crippen molar-refractivity contribution in [1.82, 2.24) is 0 Å². The van der Waals surface area contributed by atoms with Gasteiger partial charge in [0, 0.05) is 34.2 Å². The Balaban J connectivity index is -0.000000240. The molecule has 0 aliphatic heterocycles. The molecule has 0 aromatic carbocycles. The van der Waals surface area contributed by atoms with Crippen LogP contribution in [-0.4, -0.2) is 35.3 Å². The summed E-state index contributed by atoms with van der Waals surface area (Å²) in [4.78, 5) is 33.3. The number of carboxylic acids is 3. The molecule has 0 spiro atoms. The first kappa shape index (κ1) is 45.9. The van der Waals surface area contributed by atoms with Crippen LogP contribution in [0.25, 0.3) is 0 Å². The predicted molar refractivity (Wildman–Crippen MR) is 162 cm³/mol. The fraction of sp³-hybridized carbons (Fsp3) is 0.909. The normalized spacial score (nSPS) is 15.4. The molecule has 0 aromatic rings. The van der Waals surface area contributed by atoms with Crippen LogP contribution in [-0.2, 0) is 14.4 Å². The van der Waals surface area contributed by atoms with Crippen LogP contribution in [0.2, 0.25) is 0 Å². The minimum absolute atomic E-state index is 0. The van der Waals surface area contributed by atoms with Crippen molar-refractivity contribution >= 4 is 35.3 Å². The standard InChI is InChI=1S/3C11H22O2.Al/c3*1-5-7-8-11(6-2,9(3)4)10(12)13;/h3*9H,5-8H2,1-4H3,(H,12,13);/q;;;+3/p-3. The Kier molecular flexibility index (Phi) is 27.0. The van der Waals surface area contributed by atoms with Gasteiger partial charge >= 0.3 is 17.4 Å². The summed E-state index contributed by atoms with van der Waals surface area (Å²) in [5, 5.41) is 33.3. The van der Waals surface area contributed by atoms with E-state index in [1.807, 2.05) is 62.3 Å². The Bertz CT molecular complexity index is 588. The molecule has 0 fully saturated rings. The summed E-state index contributed by atoms with van der Waals surface area (Å²) in [7, 11) is 0. The maximum Gasteiger partial charge on any atom is 3.00 e. The zero-order chi connectivity index (χ0) is 31.4. The Morgan fingerprint density at radius 2 is 0.650 bits per heavy atom. The zero-order valence-corrected chi connectivity index (χ0v) is 29.4. The van der Waals surface area contributed by atoms with Crippen LogP contribution in [0.15, 0.2) is 0 Å². The maximum atomic E-state index is 11.1. The fourth-order valence-corrected chi connectivity index (χ4v) is 5.54. The van der Waals surface area contributed by atoms with Gasteiger partial charge in [-0.25, -0.2) is 0 Å². The molecule has 3 atom stereocenters. The minimum atomic E-state index is -0.876. The number of aliphatic carboxylic acids is 3. The van der Waals surface area contributed by atoms with Gasteiger partial charge in [-0.05, 0) is 56.3 Å². The van der Waals surface area contributed by atoms with Crippen molar-refractivity contribution < 1.29 is 29.7 Å². The van der Waals surface area contributed by atoms with Crippen LogP contribution in [0.4, 0.5) is 0 Å². The molecule has 0 heterocycles. The molecule has 0 aliphatic rings. The van der Waals surface area contributed by atoms with E-state index in [0.29, 0.717) is 19.3 Å². The topological polar surface area (TPSA) is 120 Å². The molecule has 0 aliphatic carbocycles. The van der Waals surface area contributed by atoms with Gasteiger partial charge in [-0.1, -0.05) is 122 Å². The van der Waals surface area contributed by atoms with Gasteiger partial charge in [-0.2, -0.15) is 0 Å². The number of hydrogen-bond acceptors (Lipinski definition) is 6. The Morgan fingerprint density at radius 3 is 0.725 bits per heavy atom. The second-order valence-electron chi connectivity index (χ2n) is 12.2. The molecule has 0 saturated heterocycles. The SMILES string of the molecule is CCCCC(CC)(C(=O)[O-])C(C)C.CCCCC(CC)(C(=O)[O-])C(C)C.CCCCC(CC)(C(=O)[O-])C(C)C.[Al+3]. The number of carboxylic acid groups (broad SMARTS) is 3. The summed E-state index contributed by atoms with van der Waals surface area (Å²) in [6.45, 7) is 23.8. The van der Waals surface area contributed by atoms with Crippen molar-refractivity contribution in [2.45, 2.75) is 160 Å². The molecule has 0 amide bonds. The number of rotatable bonds is 18. The second-order valence-corrected chi connectivity index (χ2v) is 12.2. The molecule has 3 unspecified atom stereocenters. The third-order valence-electron chi connectivity index (χ3n) is 9.36. The van der Waals surface area contributed by atoms with Crippen LogP contribution in [0, 0.1) is 34.0 Å². The summed E-state index contributed by atoms with van der Waals surface area (Å²) in [6.07, 6.45) is 10.3. The summed E-state index contributed by atoms with van der Waals surface area (Å²) >= 11 is 0. The van der Waals surface area contributed by atoms with Gasteiger partial charge in [0.2, 0.25) is 0 Å². The first-order chi connectivity index (χ1) is 18.0. The molecule has 0 N–H and O–H groups in total. The van der Waals surface area contributed by atoms with E-state index >= 15 is 0 Å². The summed E-state index contributed by atoms with van der Waals surface area (Å²) in [6, 6.07) is 0. The van der Waals surface area contributed by atoms with Crippen molar-refractivity contribution in [3.8, 4) is 0 Å². The van der Waals surface area contributed by atoms with Crippen molar-refractivity contribution in [2.24, 2.45) is 34.0 Å². The average Bonchev–Trinajstić information content (AvgIpc) is 2.86. The monoisotopic (exact) mass is 582 g/mol. The van der Waals surface area contributed by atoms with Crippen molar-refractivity contribution in [2.75, 3.05) is 0 Å². The van der Waals surface area contributed by atoms with Gasteiger partial charge in [-0.15, -0.1) is 0 Å². The molecular weight excluding hydrogens is 519 g/mol. The quantitative estimate of drug-likeness (QED) is 0.195. The maximum absolute atomic E-state index is 11.1. The number of carbonyl (C=O) groups is 3. The molecule has 0 bridgehead atoms. The molecule has 234 valence electrons. The van der Waals surface area contributed by atoms with E-state index in [4.69, 9.17) is 0 Å². The molecule has 7 heteroatoms. The molecule has 0 saturated carbocycles. The Labute approximate surface area is 258 Å². The Hall–Kier alpha value is -1.06. The molecular formula is C33H63AlO6. The fourth-order valence-electron chi connectivity index (χ4n) is 5.54. The van der Waals surface area contributed by atoms with Crippen LogP contribution in [0.3, 0.4) is 0 Å². The largest absolute Gasteiger partial charge is 3.00 e. The molecule has 0 rings (SSSR count). The van der Waals surface area contributed by atoms with E-state index in [1.54, 1.807) is 0 Å². The van der Waals surface area contributed by atoms with E-state index in [0.717, 1.165) is 57.8 Å². The average molecular weight is 583 g/mol. The molecule has 6 nitrogen and oxygen atoms in total. The van der Waals surface area contributed by atoms with Crippen LogP contribution in [0.5, 0.6) is 0 Å². The van der Waals surface area contributed by atoms with E-state index in [2.05, 4.69) is 20.8 Å². The van der Waals surface area contributed by atoms with Crippen LogP contribution in [0.1, 0.15) is 160 Å². The van der Waals surface area contributed by atoms with Gasteiger partial charge in [0.05, 0.1) is 0 Å². The number of unbranched alkanes of at least 4 members (excludes halogenated alkanes) is 3. The molecule has 0 aromatic heterocycles. The smallest absolute Gasteiger partial charge is 0.550 e. The van der Waals surface area contributed by atoms with E-state index in [-0.39, 0.29) is 35.1 Å². The second kappa shape index (κ2) is 23.5. The van der Waals surface area contributed by atoms with Gasteiger partial charge in [-0.3, -0.25) is 0 Å².